The molecule has 9 heteroatoms. The molecule has 0 amide bonds. The second kappa shape index (κ2) is 6.59. The van der Waals surface area contributed by atoms with Crippen LogP contribution in [-0.4, -0.2) is 30.9 Å². The van der Waals surface area contributed by atoms with Crippen LogP contribution in [0.3, 0.4) is 0 Å². The van der Waals surface area contributed by atoms with Gasteiger partial charge in [-0.25, -0.2) is 0 Å². The summed E-state index contributed by atoms with van der Waals surface area (Å²) in [6, 6.07) is -0.536. The van der Waals surface area contributed by atoms with E-state index < -0.39 is 18.3 Å². The number of carbonyl (C=O) groups is 1. The average Bonchev–Trinajstić information content (AvgIpc) is 2.29. The highest BCUT2D eigenvalue weighted by Gasteiger charge is 2.32. The molecule has 17 heavy (non-hydrogen) atoms. The first-order valence-electron chi connectivity index (χ1n) is 5.05. The van der Waals surface area contributed by atoms with Crippen LogP contribution in [0, 0.1) is 0 Å². The normalized spacial score (nSPS) is 27.5. The molecule has 3 atom stereocenters. The molecular formula is C8H12N6O3. The number of ether oxygens (including phenoxy) is 2. The number of esters is 1. The lowest BCUT2D eigenvalue weighted by molar-refractivity contribution is -0.204. The Hall–Kier alpha value is -1.95. The van der Waals surface area contributed by atoms with E-state index in [4.69, 9.17) is 20.5 Å². The summed E-state index contributed by atoms with van der Waals surface area (Å²) in [6.45, 7) is 1.41. The number of nitrogens with zero attached hydrogens (tertiary/aromatic N) is 6. The summed E-state index contributed by atoms with van der Waals surface area (Å²) in [5, 5.41) is 6.90. The van der Waals surface area contributed by atoms with Crippen LogP contribution in [0.15, 0.2) is 10.2 Å². The van der Waals surface area contributed by atoms with Crippen LogP contribution in [0.1, 0.15) is 19.8 Å². The molecule has 0 aromatic heterocycles. The summed E-state index contributed by atoms with van der Waals surface area (Å²) >= 11 is 0. The maximum atomic E-state index is 10.9. The predicted octanol–water partition coefficient (Wildman–Crippen LogP) is 2.04. The van der Waals surface area contributed by atoms with E-state index in [1.54, 1.807) is 0 Å². The fraction of sp³-hybridized carbons (Fsp3) is 0.875. The van der Waals surface area contributed by atoms with Crippen molar-refractivity contribution in [1.29, 1.82) is 0 Å². The lowest BCUT2D eigenvalue weighted by Gasteiger charge is -2.32. The highest BCUT2D eigenvalue weighted by molar-refractivity contribution is 5.66. The first-order chi connectivity index (χ1) is 8.17. The number of hydrogen-bond acceptors (Lipinski definition) is 5. The third kappa shape index (κ3) is 4.20. The molecule has 0 aromatic carbocycles. The molecule has 0 bridgehead atoms. The molecule has 0 aromatic rings. The molecule has 0 spiro atoms. The molecule has 0 unspecified atom stereocenters. The highest BCUT2D eigenvalue weighted by Crippen LogP contribution is 2.23. The number of hydrogen-bond donors (Lipinski definition) is 0. The van der Waals surface area contributed by atoms with Crippen LogP contribution in [0.25, 0.3) is 20.9 Å². The van der Waals surface area contributed by atoms with Crippen LogP contribution in [0.4, 0.5) is 0 Å². The van der Waals surface area contributed by atoms with Crippen LogP contribution >= 0.6 is 0 Å². The molecular weight excluding hydrogens is 228 g/mol. The second-order valence-electron chi connectivity index (χ2n) is 3.50. The quantitative estimate of drug-likeness (QED) is 0.322. The summed E-state index contributed by atoms with van der Waals surface area (Å²) in [7, 11) is 0. The SMILES string of the molecule is CC(=O)O[C@H]1O[C@H](CN=[N+]=[N-])CC[C@@H]1N=[N+]=[N-]. The molecule has 1 heterocycles. The third-order valence-corrected chi connectivity index (χ3v) is 2.26. The van der Waals surface area contributed by atoms with Gasteiger partial charge in [0.2, 0.25) is 6.29 Å². The van der Waals surface area contributed by atoms with E-state index in [0.717, 1.165) is 0 Å². The monoisotopic (exact) mass is 240 g/mol. The Balaban J connectivity index is 2.64. The van der Waals surface area contributed by atoms with E-state index in [2.05, 4.69) is 20.1 Å². The van der Waals surface area contributed by atoms with Gasteiger partial charge in [0, 0.05) is 16.7 Å². The number of rotatable bonds is 4. The lowest BCUT2D eigenvalue weighted by atomic mass is 10.0. The molecule has 0 radical (unpaired) electrons. The Bertz CT molecular complexity index is 373. The van der Waals surface area contributed by atoms with Gasteiger partial charge in [-0.2, -0.15) is 0 Å². The van der Waals surface area contributed by atoms with Gasteiger partial charge in [0.05, 0.1) is 18.7 Å². The van der Waals surface area contributed by atoms with E-state index in [1.165, 1.54) is 6.92 Å². The maximum absolute atomic E-state index is 10.9. The van der Waals surface area contributed by atoms with Crippen LogP contribution in [0.5, 0.6) is 0 Å². The highest BCUT2D eigenvalue weighted by atomic mass is 16.7. The molecule has 1 fully saturated rings. The van der Waals surface area contributed by atoms with Crippen molar-refractivity contribution in [2.24, 2.45) is 10.2 Å². The molecule has 0 aliphatic carbocycles. The van der Waals surface area contributed by atoms with Gasteiger partial charge in [-0.15, -0.1) is 0 Å². The molecule has 1 saturated heterocycles. The Morgan fingerprint density at radius 3 is 2.82 bits per heavy atom. The summed E-state index contributed by atoms with van der Waals surface area (Å²) < 4.78 is 10.3. The maximum Gasteiger partial charge on any atom is 0.304 e. The minimum atomic E-state index is -0.906. The van der Waals surface area contributed by atoms with Crippen molar-refractivity contribution in [2.75, 3.05) is 6.54 Å². The molecule has 1 rings (SSSR count). The molecule has 1 aliphatic heterocycles. The van der Waals surface area contributed by atoms with Crippen molar-refractivity contribution in [1.82, 2.24) is 0 Å². The minimum Gasteiger partial charge on any atom is -0.435 e. The van der Waals surface area contributed by atoms with E-state index in [-0.39, 0.29) is 12.6 Å². The zero-order valence-electron chi connectivity index (χ0n) is 9.26. The zero-order chi connectivity index (χ0) is 12.7. The lowest BCUT2D eigenvalue weighted by Crippen LogP contribution is -2.41. The smallest absolute Gasteiger partial charge is 0.304 e. The van der Waals surface area contributed by atoms with Gasteiger partial charge in [-0.1, -0.05) is 10.2 Å². The van der Waals surface area contributed by atoms with Crippen molar-refractivity contribution in [3.8, 4) is 0 Å². The average molecular weight is 240 g/mol. The Labute approximate surface area is 96.9 Å². The fourth-order valence-corrected chi connectivity index (χ4v) is 1.55. The van der Waals surface area contributed by atoms with Crippen LogP contribution in [-0.2, 0) is 14.3 Å². The molecule has 0 saturated carbocycles. The van der Waals surface area contributed by atoms with Crippen molar-refractivity contribution in [3.05, 3.63) is 20.9 Å². The second-order valence-corrected chi connectivity index (χ2v) is 3.50. The summed E-state index contributed by atoms with van der Waals surface area (Å²) in [4.78, 5) is 16.2. The van der Waals surface area contributed by atoms with Gasteiger partial charge in [0.25, 0.3) is 0 Å². The largest absolute Gasteiger partial charge is 0.435 e. The van der Waals surface area contributed by atoms with Gasteiger partial charge in [-0.05, 0) is 23.9 Å². The zero-order valence-corrected chi connectivity index (χ0v) is 9.26. The van der Waals surface area contributed by atoms with Crippen LogP contribution < -0.4 is 0 Å². The molecule has 9 nitrogen and oxygen atoms in total. The summed E-state index contributed by atoms with van der Waals surface area (Å²) in [6.07, 6.45) is -0.120. The van der Waals surface area contributed by atoms with Crippen molar-refractivity contribution >= 4 is 5.97 Å². The molecule has 0 N–H and O–H groups in total. The number of carbonyl (C=O) groups excluding carboxylic acids is 1. The summed E-state index contributed by atoms with van der Waals surface area (Å²) in [5.74, 6) is -0.516. The molecule has 92 valence electrons. The Kier molecular flexibility index (Phi) is 5.09. The fourth-order valence-electron chi connectivity index (χ4n) is 1.55. The summed E-state index contributed by atoms with van der Waals surface area (Å²) in [5.41, 5.74) is 16.6. The van der Waals surface area contributed by atoms with Crippen LogP contribution in [0.2, 0.25) is 0 Å². The predicted molar refractivity (Wildman–Crippen MR) is 56.6 cm³/mol. The molecule has 1 aliphatic rings. The topological polar surface area (TPSA) is 133 Å². The first-order valence-corrected chi connectivity index (χ1v) is 5.05. The standard InChI is InChI=1S/C8H12N6O3/c1-5(15)16-8-7(12-14-10)3-2-6(17-8)4-11-13-9/h6-8H,2-4H2,1H3/t6-,7-,8-/m0/s1. The van der Waals surface area contributed by atoms with Gasteiger partial charge < -0.3 is 9.47 Å². The van der Waals surface area contributed by atoms with Gasteiger partial charge in [0.1, 0.15) is 0 Å². The first kappa shape index (κ1) is 13.1. The van der Waals surface area contributed by atoms with Crippen molar-refractivity contribution in [2.45, 2.75) is 38.2 Å². The van der Waals surface area contributed by atoms with Gasteiger partial charge in [-0.3, -0.25) is 4.79 Å². The van der Waals surface area contributed by atoms with Gasteiger partial charge in [0.15, 0.2) is 0 Å². The van der Waals surface area contributed by atoms with E-state index in [1.807, 2.05) is 0 Å². The number of azide groups is 2. The Morgan fingerprint density at radius 1 is 1.47 bits per heavy atom. The van der Waals surface area contributed by atoms with E-state index >= 15 is 0 Å². The van der Waals surface area contributed by atoms with Gasteiger partial charge >= 0.3 is 5.97 Å². The Morgan fingerprint density at radius 2 is 2.24 bits per heavy atom. The van der Waals surface area contributed by atoms with E-state index in [0.29, 0.717) is 12.8 Å². The minimum absolute atomic E-state index is 0.164. The van der Waals surface area contributed by atoms with Crippen molar-refractivity contribution in [3.63, 3.8) is 0 Å². The third-order valence-electron chi connectivity index (χ3n) is 2.26. The van der Waals surface area contributed by atoms with Crippen molar-refractivity contribution < 1.29 is 14.3 Å². The van der Waals surface area contributed by atoms with E-state index in [9.17, 15) is 4.79 Å².